The van der Waals surface area contributed by atoms with Crippen LogP contribution in [0.3, 0.4) is 0 Å². The summed E-state index contributed by atoms with van der Waals surface area (Å²) >= 11 is 0. The van der Waals surface area contributed by atoms with E-state index in [1.165, 1.54) is 0 Å². The Balaban J connectivity index is 1.35. The molecular weight excluding hydrogens is 498 g/mol. The Bertz CT molecular complexity index is 1080. The molecular formula is C29H43N5O5. The molecule has 1 aromatic heterocycles. The normalized spacial score (nSPS) is 18.5. The molecule has 1 fully saturated rings. The number of amides is 2. The van der Waals surface area contributed by atoms with Crippen molar-refractivity contribution in [2.75, 3.05) is 39.9 Å². The first-order valence-corrected chi connectivity index (χ1v) is 14.3. The van der Waals surface area contributed by atoms with Gasteiger partial charge in [0.25, 0.3) is 0 Å². The SMILES string of the molecule is COCc1nnc(C2CCN(C(=O)CCc3ccc4c(c3)CN(C(C)C)CC(=O)NCCCCCO4)CC2)o1. The largest absolute Gasteiger partial charge is 0.493 e. The fourth-order valence-electron chi connectivity index (χ4n) is 5.15. The number of ether oxygens (including phenoxy) is 2. The predicted molar refractivity (Wildman–Crippen MR) is 146 cm³/mol. The van der Waals surface area contributed by atoms with Crippen LogP contribution in [-0.2, 0) is 33.9 Å². The molecule has 2 aliphatic rings. The minimum Gasteiger partial charge on any atom is -0.493 e. The Hall–Kier alpha value is -2.98. The third-order valence-corrected chi connectivity index (χ3v) is 7.55. The quantitative estimate of drug-likeness (QED) is 0.568. The fraction of sp³-hybridized carbons (Fsp3) is 0.655. The second-order valence-corrected chi connectivity index (χ2v) is 10.8. The molecule has 10 heteroatoms. The minimum absolute atomic E-state index is 0.0606. The molecule has 1 N–H and O–H groups in total. The highest BCUT2D eigenvalue weighted by molar-refractivity contribution is 5.78. The maximum Gasteiger partial charge on any atom is 0.242 e. The molecule has 1 aromatic carbocycles. The van der Waals surface area contributed by atoms with Crippen LogP contribution < -0.4 is 10.1 Å². The van der Waals surface area contributed by atoms with Crippen LogP contribution in [0.25, 0.3) is 0 Å². The van der Waals surface area contributed by atoms with Gasteiger partial charge in [-0.2, -0.15) is 0 Å². The molecule has 2 aliphatic heterocycles. The van der Waals surface area contributed by atoms with E-state index in [2.05, 4.69) is 46.4 Å². The van der Waals surface area contributed by atoms with Crippen molar-refractivity contribution in [1.82, 2.24) is 25.3 Å². The zero-order valence-electron chi connectivity index (χ0n) is 23.6. The van der Waals surface area contributed by atoms with Crippen LogP contribution in [0.4, 0.5) is 0 Å². The van der Waals surface area contributed by atoms with Crippen LogP contribution in [0.2, 0.25) is 0 Å². The van der Waals surface area contributed by atoms with Crippen molar-refractivity contribution < 1.29 is 23.5 Å². The summed E-state index contributed by atoms with van der Waals surface area (Å²) in [6, 6.07) is 6.45. The maximum atomic E-state index is 13.0. The number of hydrogen-bond donors (Lipinski definition) is 1. The number of hydrogen-bond acceptors (Lipinski definition) is 8. The van der Waals surface area contributed by atoms with Crippen molar-refractivity contribution >= 4 is 11.8 Å². The minimum atomic E-state index is 0.0606. The number of piperidine rings is 1. The topological polar surface area (TPSA) is 110 Å². The number of nitrogens with zero attached hydrogens (tertiary/aromatic N) is 4. The monoisotopic (exact) mass is 541 g/mol. The van der Waals surface area contributed by atoms with E-state index < -0.39 is 0 Å². The lowest BCUT2D eigenvalue weighted by atomic mass is 9.96. The lowest BCUT2D eigenvalue weighted by Crippen LogP contribution is -2.40. The van der Waals surface area contributed by atoms with Gasteiger partial charge in [-0.15, -0.1) is 10.2 Å². The third kappa shape index (κ3) is 8.50. The highest BCUT2D eigenvalue weighted by Gasteiger charge is 2.27. The molecule has 0 atom stereocenters. The van der Waals surface area contributed by atoms with E-state index in [4.69, 9.17) is 13.9 Å². The van der Waals surface area contributed by atoms with Gasteiger partial charge in [-0.25, -0.2) is 0 Å². The third-order valence-electron chi connectivity index (χ3n) is 7.55. The number of carbonyl (C=O) groups is 2. The summed E-state index contributed by atoms with van der Waals surface area (Å²) in [5.74, 6) is 2.40. The number of rotatable bonds is 7. The molecule has 0 unspecified atom stereocenters. The van der Waals surface area contributed by atoms with E-state index in [0.29, 0.717) is 70.6 Å². The summed E-state index contributed by atoms with van der Waals surface area (Å²) in [4.78, 5) is 29.6. The Morgan fingerprint density at radius 3 is 2.74 bits per heavy atom. The van der Waals surface area contributed by atoms with Gasteiger partial charge in [0.05, 0.1) is 13.2 Å². The van der Waals surface area contributed by atoms with Crippen LogP contribution in [0, 0.1) is 0 Å². The summed E-state index contributed by atoms with van der Waals surface area (Å²) < 4.78 is 16.9. The Morgan fingerprint density at radius 1 is 1.15 bits per heavy atom. The van der Waals surface area contributed by atoms with Gasteiger partial charge in [-0.1, -0.05) is 12.1 Å². The highest BCUT2D eigenvalue weighted by Crippen LogP contribution is 2.28. The van der Waals surface area contributed by atoms with E-state index >= 15 is 0 Å². The first-order chi connectivity index (χ1) is 18.9. The Labute approximate surface area is 231 Å². The summed E-state index contributed by atoms with van der Waals surface area (Å²) in [5, 5.41) is 11.2. The van der Waals surface area contributed by atoms with Crippen LogP contribution in [0.1, 0.15) is 81.2 Å². The maximum absolute atomic E-state index is 13.0. The van der Waals surface area contributed by atoms with Gasteiger partial charge in [0.15, 0.2) is 0 Å². The molecule has 1 saturated heterocycles. The molecule has 0 saturated carbocycles. The number of carbonyl (C=O) groups excluding carboxylic acids is 2. The van der Waals surface area contributed by atoms with E-state index in [0.717, 1.165) is 49.0 Å². The van der Waals surface area contributed by atoms with Crippen LogP contribution in [-0.4, -0.2) is 77.7 Å². The average Bonchev–Trinajstić information content (AvgIpc) is 3.40. The van der Waals surface area contributed by atoms with Gasteiger partial charge < -0.3 is 24.1 Å². The van der Waals surface area contributed by atoms with Crippen molar-refractivity contribution in [1.29, 1.82) is 0 Å². The molecule has 2 aromatic rings. The van der Waals surface area contributed by atoms with Gasteiger partial charge in [0.1, 0.15) is 12.4 Å². The molecule has 10 nitrogen and oxygen atoms in total. The fourth-order valence-corrected chi connectivity index (χ4v) is 5.15. The van der Waals surface area contributed by atoms with Crippen molar-refractivity contribution in [2.45, 2.75) is 83.9 Å². The number of benzene rings is 1. The molecule has 214 valence electrons. The molecule has 3 heterocycles. The molecule has 4 rings (SSSR count). The number of likely N-dealkylation sites (tertiary alicyclic amines) is 1. The Morgan fingerprint density at radius 2 is 1.97 bits per heavy atom. The van der Waals surface area contributed by atoms with Gasteiger partial charge >= 0.3 is 0 Å². The smallest absolute Gasteiger partial charge is 0.242 e. The van der Waals surface area contributed by atoms with Crippen LogP contribution in [0.15, 0.2) is 22.6 Å². The highest BCUT2D eigenvalue weighted by atomic mass is 16.5. The zero-order valence-corrected chi connectivity index (χ0v) is 23.6. The molecule has 0 aliphatic carbocycles. The summed E-state index contributed by atoms with van der Waals surface area (Å²) in [6.07, 6.45) is 5.68. The summed E-state index contributed by atoms with van der Waals surface area (Å²) in [5.41, 5.74) is 2.17. The summed E-state index contributed by atoms with van der Waals surface area (Å²) in [6.45, 7) is 8.25. The van der Waals surface area contributed by atoms with Crippen LogP contribution >= 0.6 is 0 Å². The lowest BCUT2D eigenvalue weighted by molar-refractivity contribution is -0.132. The van der Waals surface area contributed by atoms with Gasteiger partial charge in [0.2, 0.25) is 23.6 Å². The van der Waals surface area contributed by atoms with Gasteiger partial charge in [-0.05, 0) is 64.0 Å². The van der Waals surface area contributed by atoms with E-state index in [1.54, 1.807) is 7.11 Å². The van der Waals surface area contributed by atoms with Crippen molar-refractivity contribution in [3.63, 3.8) is 0 Å². The molecule has 39 heavy (non-hydrogen) atoms. The van der Waals surface area contributed by atoms with Crippen molar-refractivity contribution in [3.8, 4) is 5.75 Å². The first-order valence-electron chi connectivity index (χ1n) is 14.3. The second-order valence-electron chi connectivity index (χ2n) is 10.8. The molecule has 0 spiro atoms. The lowest BCUT2D eigenvalue weighted by Gasteiger charge is -2.30. The zero-order chi connectivity index (χ0) is 27.6. The molecule has 0 bridgehead atoms. The average molecular weight is 542 g/mol. The van der Waals surface area contributed by atoms with Gasteiger partial charge in [-0.3, -0.25) is 14.5 Å². The van der Waals surface area contributed by atoms with Crippen molar-refractivity contribution in [2.24, 2.45) is 0 Å². The number of methoxy groups -OCH3 is 1. The summed E-state index contributed by atoms with van der Waals surface area (Å²) in [7, 11) is 1.60. The number of aromatic nitrogens is 2. The van der Waals surface area contributed by atoms with Gasteiger partial charge in [0, 0.05) is 57.2 Å². The van der Waals surface area contributed by atoms with Crippen molar-refractivity contribution in [3.05, 3.63) is 41.1 Å². The molecule has 2 amide bonds. The van der Waals surface area contributed by atoms with E-state index in [9.17, 15) is 9.59 Å². The number of aryl methyl sites for hydroxylation is 1. The first kappa shape index (κ1) is 29.0. The Kier molecular flexibility index (Phi) is 10.7. The van der Waals surface area contributed by atoms with Crippen LogP contribution in [0.5, 0.6) is 5.75 Å². The second kappa shape index (κ2) is 14.4. The predicted octanol–water partition coefficient (Wildman–Crippen LogP) is 3.44. The van der Waals surface area contributed by atoms with E-state index in [-0.39, 0.29) is 23.8 Å². The molecule has 0 radical (unpaired) electrons. The number of nitrogens with one attached hydrogen (secondary N) is 1. The number of fused-ring (bicyclic) bond motifs is 1. The standard InChI is InChI=1S/C29H43N5O5/c1-21(2)34-18-24-17-22(7-9-25(24)38-16-6-4-5-13-30-26(35)19-34)8-10-28(36)33-14-11-23(12-15-33)29-32-31-27(39-29)20-37-3/h7,9,17,21,23H,4-6,8,10-16,18-20H2,1-3H3,(H,30,35). The van der Waals surface area contributed by atoms with E-state index in [1.807, 2.05) is 11.0 Å².